The number of hydrogen-bond donors (Lipinski definition) is 0. The zero-order valence-electron chi connectivity index (χ0n) is 14.7. The monoisotopic (exact) mass is 340 g/mol. The molecule has 1 amide bonds. The Balaban J connectivity index is 1.91. The fraction of sp³-hybridized carbons (Fsp3) is 0.130. The molecule has 3 aromatic rings. The molecular formula is C23H20N2O. The molecule has 0 N–H and O–H groups in total. The molecule has 0 bridgehead atoms. The van der Waals surface area contributed by atoms with Crippen molar-refractivity contribution in [3.63, 3.8) is 0 Å². The van der Waals surface area contributed by atoms with Crippen LogP contribution in [0.3, 0.4) is 0 Å². The number of rotatable bonds is 2. The van der Waals surface area contributed by atoms with E-state index in [1.807, 2.05) is 65.6 Å². The first-order chi connectivity index (χ1) is 12.7. The molecule has 3 aromatic carbocycles. The first-order valence-corrected chi connectivity index (χ1v) is 8.81. The Morgan fingerprint density at radius 3 is 2.19 bits per heavy atom. The van der Waals surface area contributed by atoms with Crippen LogP contribution in [0.4, 0.5) is 11.4 Å². The van der Waals surface area contributed by atoms with Crippen LogP contribution in [0.2, 0.25) is 0 Å². The Labute approximate surface area is 153 Å². The summed E-state index contributed by atoms with van der Waals surface area (Å²) < 4.78 is 0. The lowest BCUT2D eigenvalue weighted by Gasteiger charge is -2.30. The smallest absolute Gasteiger partial charge is 0.224 e. The molecule has 1 aliphatic heterocycles. The van der Waals surface area contributed by atoms with E-state index in [0.29, 0.717) is 6.42 Å². The van der Waals surface area contributed by atoms with Crippen LogP contribution in [-0.2, 0) is 4.79 Å². The minimum atomic E-state index is -0.0868. The lowest BCUT2D eigenvalue weighted by molar-refractivity contribution is -0.117. The predicted molar refractivity (Wildman–Crippen MR) is 106 cm³/mol. The molecule has 26 heavy (non-hydrogen) atoms. The van der Waals surface area contributed by atoms with Crippen molar-refractivity contribution in [2.24, 2.45) is 4.99 Å². The average Bonchev–Trinajstić information content (AvgIpc) is 2.86. The van der Waals surface area contributed by atoms with Crippen LogP contribution in [0, 0.1) is 0 Å². The second-order valence-corrected chi connectivity index (χ2v) is 6.43. The topological polar surface area (TPSA) is 32.7 Å². The molecule has 1 unspecified atom stereocenters. The lowest BCUT2D eigenvalue weighted by atomic mass is 9.96. The van der Waals surface area contributed by atoms with Crippen LogP contribution < -0.4 is 4.90 Å². The molecule has 0 saturated heterocycles. The van der Waals surface area contributed by atoms with Crippen LogP contribution in [0.5, 0.6) is 0 Å². The number of benzene rings is 3. The molecule has 0 radical (unpaired) electrons. The molecule has 0 fully saturated rings. The summed E-state index contributed by atoms with van der Waals surface area (Å²) in [6.07, 6.45) is 0.669. The molecule has 128 valence electrons. The summed E-state index contributed by atoms with van der Waals surface area (Å²) in [6, 6.07) is 28.2. The number of amides is 1. The third-order valence-electron chi connectivity index (χ3n) is 4.73. The van der Waals surface area contributed by atoms with Gasteiger partial charge in [-0.15, -0.1) is 0 Å². The maximum atomic E-state index is 12.6. The number of aliphatic imine (C=N–C) groups is 1. The molecule has 0 saturated carbocycles. The van der Waals surface area contributed by atoms with Crippen molar-refractivity contribution >= 4 is 23.0 Å². The Kier molecular flexibility index (Phi) is 4.36. The van der Waals surface area contributed by atoms with Gasteiger partial charge in [0.25, 0.3) is 0 Å². The first-order valence-electron chi connectivity index (χ1n) is 8.81. The van der Waals surface area contributed by atoms with Gasteiger partial charge >= 0.3 is 0 Å². The summed E-state index contributed by atoms with van der Waals surface area (Å²) in [7, 11) is 0. The van der Waals surface area contributed by atoms with E-state index in [4.69, 9.17) is 4.99 Å². The van der Waals surface area contributed by atoms with Gasteiger partial charge in [0.05, 0.1) is 23.1 Å². The van der Waals surface area contributed by atoms with Crippen LogP contribution in [0.15, 0.2) is 89.9 Å². The Bertz CT molecular complexity index is 948. The van der Waals surface area contributed by atoms with Gasteiger partial charge in [-0.1, -0.05) is 72.8 Å². The highest BCUT2D eigenvalue weighted by Crippen LogP contribution is 2.40. The fourth-order valence-electron chi connectivity index (χ4n) is 3.54. The van der Waals surface area contributed by atoms with E-state index in [1.165, 1.54) is 0 Å². The zero-order chi connectivity index (χ0) is 17.9. The highest BCUT2D eigenvalue weighted by atomic mass is 16.2. The largest absolute Gasteiger partial charge is 0.303 e. The minimum absolute atomic E-state index is 0.0239. The van der Waals surface area contributed by atoms with E-state index < -0.39 is 0 Å². The zero-order valence-corrected chi connectivity index (χ0v) is 14.7. The van der Waals surface area contributed by atoms with Gasteiger partial charge < -0.3 is 4.90 Å². The van der Waals surface area contributed by atoms with Gasteiger partial charge in [-0.2, -0.15) is 0 Å². The highest BCUT2D eigenvalue weighted by molar-refractivity contribution is 6.07. The van der Waals surface area contributed by atoms with Crippen molar-refractivity contribution in [2.75, 3.05) is 4.90 Å². The molecule has 1 atom stereocenters. The first kappa shape index (κ1) is 16.3. The third-order valence-corrected chi connectivity index (χ3v) is 4.73. The Morgan fingerprint density at radius 2 is 1.50 bits per heavy atom. The van der Waals surface area contributed by atoms with E-state index >= 15 is 0 Å². The number of carbonyl (C=O) groups excluding carboxylic acids is 1. The summed E-state index contributed by atoms with van der Waals surface area (Å²) in [4.78, 5) is 19.4. The molecular weight excluding hydrogens is 320 g/mol. The number of hydrogen-bond acceptors (Lipinski definition) is 2. The fourth-order valence-corrected chi connectivity index (χ4v) is 3.54. The number of fused-ring (bicyclic) bond motifs is 1. The quantitative estimate of drug-likeness (QED) is 0.622. The average molecular weight is 340 g/mol. The van der Waals surface area contributed by atoms with Crippen molar-refractivity contribution in [1.29, 1.82) is 0 Å². The number of nitrogens with zero attached hydrogens (tertiary/aromatic N) is 2. The van der Waals surface area contributed by atoms with Gasteiger partial charge in [0, 0.05) is 13.3 Å². The lowest BCUT2D eigenvalue weighted by Crippen LogP contribution is -2.33. The molecule has 1 heterocycles. The maximum absolute atomic E-state index is 12.6. The Morgan fingerprint density at radius 1 is 0.885 bits per heavy atom. The summed E-state index contributed by atoms with van der Waals surface area (Å²) >= 11 is 0. The van der Waals surface area contributed by atoms with Crippen molar-refractivity contribution < 1.29 is 4.79 Å². The maximum Gasteiger partial charge on any atom is 0.224 e. The van der Waals surface area contributed by atoms with E-state index in [9.17, 15) is 4.79 Å². The normalized spacial score (nSPS) is 16.4. The van der Waals surface area contributed by atoms with Gasteiger partial charge in [0.1, 0.15) is 0 Å². The summed E-state index contributed by atoms with van der Waals surface area (Å²) in [5.41, 5.74) is 4.90. The van der Waals surface area contributed by atoms with E-state index in [1.54, 1.807) is 6.92 Å². The predicted octanol–water partition coefficient (Wildman–Crippen LogP) is 5.31. The molecule has 1 aliphatic rings. The molecule has 0 aliphatic carbocycles. The third kappa shape index (κ3) is 3.04. The second-order valence-electron chi connectivity index (χ2n) is 6.43. The molecule has 4 rings (SSSR count). The Hall–Kier alpha value is -3.20. The number of para-hydroxylation sites is 2. The van der Waals surface area contributed by atoms with Gasteiger partial charge in [-0.3, -0.25) is 9.79 Å². The summed E-state index contributed by atoms with van der Waals surface area (Å²) in [6.45, 7) is 1.63. The summed E-state index contributed by atoms with van der Waals surface area (Å²) in [5, 5.41) is 0. The number of anilines is 1. The van der Waals surface area contributed by atoms with E-state index in [-0.39, 0.29) is 11.9 Å². The van der Waals surface area contributed by atoms with Crippen molar-refractivity contribution in [3.05, 3.63) is 96.1 Å². The van der Waals surface area contributed by atoms with Crippen molar-refractivity contribution in [2.45, 2.75) is 19.4 Å². The second kappa shape index (κ2) is 6.96. The molecule has 0 aromatic heterocycles. The SMILES string of the molecule is CC(=O)N1c2ccccc2N=C(c2ccccc2)CC1c1ccccc1. The summed E-state index contributed by atoms with van der Waals surface area (Å²) in [5.74, 6) is 0.0239. The van der Waals surface area contributed by atoms with E-state index in [0.717, 1.165) is 28.2 Å². The number of carbonyl (C=O) groups is 1. The van der Waals surface area contributed by atoms with E-state index in [2.05, 4.69) is 24.3 Å². The van der Waals surface area contributed by atoms with Crippen molar-refractivity contribution in [1.82, 2.24) is 0 Å². The van der Waals surface area contributed by atoms with Crippen LogP contribution >= 0.6 is 0 Å². The van der Waals surface area contributed by atoms with Gasteiger partial charge in [-0.25, -0.2) is 0 Å². The minimum Gasteiger partial charge on any atom is -0.303 e. The van der Waals surface area contributed by atoms with Gasteiger partial charge in [-0.05, 0) is 23.3 Å². The molecule has 0 spiro atoms. The molecule has 3 nitrogen and oxygen atoms in total. The van der Waals surface area contributed by atoms with Gasteiger partial charge in [0.2, 0.25) is 5.91 Å². The standard InChI is InChI=1S/C23H20N2O/c1-17(26)25-22-15-9-8-14-20(22)24-21(18-10-4-2-5-11-18)16-23(25)19-12-6-3-7-13-19/h2-15,23H,16H2,1H3. The highest BCUT2D eigenvalue weighted by Gasteiger charge is 2.30. The van der Waals surface area contributed by atoms with Crippen LogP contribution in [-0.4, -0.2) is 11.6 Å². The van der Waals surface area contributed by atoms with Crippen molar-refractivity contribution in [3.8, 4) is 0 Å². The molecule has 3 heteroatoms. The van der Waals surface area contributed by atoms with Crippen LogP contribution in [0.1, 0.15) is 30.5 Å². The van der Waals surface area contributed by atoms with Gasteiger partial charge in [0.15, 0.2) is 0 Å². The van der Waals surface area contributed by atoms with Crippen LogP contribution in [0.25, 0.3) is 0 Å².